The summed E-state index contributed by atoms with van der Waals surface area (Å²) in [4.78, 5) is 41.8. The van der Waals surface area contributed by atoms with Gasteiger partial charge in [0.05, 0.1) is 25.9 Å². The number of carbonyl (C=O) groups excluding carboxylic acids is 2. The molecule has 274 valence electrons. The van der Waals surface area contributed by atoms with Crippen LogP contribution in [0.2, 0.25) is 0 Å². The molecule has 3 N–H and O–H groups in total. The van der Waals surface area contributed by atoms with Gasteiger partial charge in [-0.25, -0.2) is 4.79 Å². The highest BCUT2D eigenvalue weighted by Gasteiger charge is 2.40. The molecule has 2 amide bonds. The second kappa shape index (κ2) is 19.0. The van der Waals surface area contributed by atoms with Gasteiger partial charge < -0.3 is 39.5 Å². The molecular weight excluding hydrogens is 622 g/mol. The van der Waals surface area contributed by atoms with E-state index in [1.54, 1.807) is 35.0 Å². The number of rotatable bonds is 19. The van der Waals surface area contributed by atoms with Gasteiger partial charge in [0.1, 0.15) is 11.7 Å². The summed E-state index contributed by atoms with van der Waals surface area (Å²) in [6.07, 6.45) is 1.84. The lowest BCUT2D eigenvalue weighted by Crippen LogP contribution is -2.52. The van der Waals surface area contributed by atoms with Gasteiger partial charge in [-0.05, 0) is 94.7 Å². The molecule has 3 atom stereocenters. The minimum atomic E-state index is -1.10. The van der Waals surface area contributed by atoms with Crippen molar-refractivity contribution in [2.45, 2.75) is 117 Å². The van der Waals surface area contributed by atoms with Crippen molar-refractivity contribution in [2.75, 3.05) is 34.0 Å². The normalized spacial score (nSPS) is 18.7. The highest BCUT2D eigenvalue weighted by Crippen LogP contribution is 2.39. The molecule has 1 fully saturated rings. The van der Waals surface area contributed by atoms with Crippen LogP contribution in [-0.2, 0) is 25.5 Å². The Balaban J connectivity index is 2.17. The monoisotopic (exact) mass is 681 g/mol. The molecule has 48 heavy (non-hydrogen) atoms. The summed E-state index contributed by atoms with van der Waals surface area (Å²) >= 11 is 0. The predicted octanol–water partition coefficient (Wildman–Crippen LogP) is 5.48. The first kappa shape index (κ1) is 40.9. The second-order valence-electron chi connectivity index (χ2n) is 14.7. The minimum Gasteiger partial charge on any atom is -0.493 e. The fourth-order valence-electron chi connectivity index (χ4n) is 6.10. The molecule has 0 unspecified atom stereocenters. The smallest absolute Gasteiger partial charge is 0.407 e. The van der Waals surface area contributed by atoms with Gasteiger partial charge in [-0.2, -0.15) is 0 Å². The van der Waals surface area contributed by atoms with Crippen LogP contribution in [0.25, 0.3) is 0 Å². The maximum absolute atomic E-state index is 13.4. The molecule has 0 spiro atoms. The summed E-state index contributed by atoms with van der Waals surface area (Å²) in [7, 11) is 3.25. The van der Waals surface area contributed by atoms with Crippen molar-refractivity contribution in [1.29, 1.82) is 0 Å². The quantitative estimate of drug-likeness (QED) is 0.0966. The number of amides is 2. The van der Waals surface area contributed by atoms with E-state index in [2.05, 4.69) is 24.5 Å². The van der Waals surface area contributed by atoms with Crippen molar-refractivity contribution in [2.24, 2.45) is 23.2 Å². The fourth-order valence-corrected chi connectivity index (χ4v) is 6.10. The van der Waals surface area contributed by atoms with Crippen molar-refractivity contribution in [3.8, 4) is 11.5 Å². The molecule has 1 saturated carbocycles. The van der Waals surface area contributed by atoms with Gasteiger partial charge in [-0.3, -0.25) is 4.79 Å². The van der Waals surface area contributed by atoms with Crippen LogP contribution in [0.1, 0.15) is 92.6 Å². The third-order valence-corrected chi connectivity index (χ3v) is 9.13. The lowest BCUT2D eigenvalue weighted by molar-refractivity contribution is -0.769. The van der Waals surface area contributed by atoms with E-state index in [1.807, 2.05) is 32.0 Å². The number of nitrogens with one attached hydrogen (secondary N) is 2. The number of nitrogens with zero attached hydrogens (tertiary/aromatic N) is 1. The van der Waals surface area contributed by atoms with Crippen LogP contribution in [0.4, 0.5) is 4.79 Å². The molecular formula is C35H59N3O10. The SMILES string of the molecule is COCCCOc1cc(C[C@@H](C[C@H](NC(=O)OC(C)(C)C)[C@@H](O)CNC(=O)C(C)(C)C2CCC(O[N+](=O)[O-])CC2)C(C)C)ccc1OC. The number of carbonyl (C=O) groups is 2. The van der Waals surface area contributed by atoms with Crippen molar-refractivity contribution >= 4 is 12.0 Å². The number of aliphatic hydroxyl groups is 1. The average Bonchev–Trinajstić information content (AvgIpc) is 3.00. The predicted molar refractivity (Wildman–Crippen MR) is 181 cm³/mol. The van der Waals surface area contributed by atoms with E-state index in [0.717, 1.165) is 12.0 Å². The molecule has 0 radical (unpaired) electrons. The molecule has 1 aromatic rings. The van der Waals surface area contributed by atoms with Gasteiger partial charge in [0.2, 0.25) is 5.91 Å². The van der Waals surface area contributed by atoms with Crippen LogP contribution in [-0.4, -0.2) is 80.0 Å². The van der Waals surface area contributed by atoms with Crippen molar-refractivity contribution in [3.05, 3.63) is 33.9 Å². The molecule has 2 rings (SSSR count). The van der Waals surface area contributed by atoms with E-state index in [9.17, 15) is 24.8 Å². The molecule has 13 nitrogen and oxygen atoms in total. The number of methoxy groups -OCH3 is 2. The zero-order valence-corrected chi connectivity index (χ0v) is 30.3. The van der Waals surface area contributed by atoms with Crippen LogP contribution in [0.15, 0.2) is 18.2 Å². The van der Waals surface area contributed by atoms with Crippen LogP contribution < -0.4 is 20.1 Å². The van der Waals surface area contributed by atoms with E-state index in [4.69, 9.17) is 23.8 Å². The van der Waals surface area contributed by atoms with Gasteiger partial charge in [0, 0.05) is 32.1 Å². The van der Waals surface area contributed by atoms with Crippen LogP contribution in [0.5, 0.6) is 11.5 Å². The maximum atomic E-state index is 13.4. The zero-order valence-electron chi connectivity index (χ0n) is 30.3. The molecule has 0 saturated heterocycles. The Morgan fingerprint density at radius 3 is 2.27 bits per heavy atom. The Morgan fingerprint density at radius 1 is 1.04 bits per heavy atom. The lowest BCUT2D eigenvalue weighted by atomic mass is 9.70. The third kappa shape index (κ3) is 13.7. The Labute approximate surface area is 285 Å². The van der Waals surface area contributed by atoms with E-state index in [0.29, 0.717) is 63.2 Å². The molecule has 1 aliphatic carbocycles. The van der Waals surface area contributed by atoms with Crippen molar-refractivity contribution in [1.82, 2.24) is 10.6 Å². The van der Waals surface area contributed by atoms with Crippen LogP contribution in [0.3, 0.4) is 0 Å². The van der Waals surface area contributed by atoms with Crippen molar-refractivity contribution < 1.29 is 43.6 Å². The number of aliphatic hydroxyl groups excluding tert-OH is 1. The average molecular weight is 682 g/mol. The van der Waals surface area contributed by atoms with E-state index < -0.39 is 40.4 Å². The standard InChI is InChI=1S/C35H59N3O10/c1-23(2)25(19-24-11-16-30(45-9)31(20-24)46-18-10-17-44-8)21-28(37-33(41)47-34(3,4)5)29(39)22-36-32(40)35(6,7)26-12-14-27(15-13-26)48-38(42)43/h11,16,20,23,25-29,39H,10,12-15,17-19,21-22H2,1-9H3,(H,36,40)(H,37,41)/t25-,26?,27?,28-,29-/m0/s1. The molecule has 0 aliphatic heterocycles. The summed E-state index contributed by atoms with van der Waals surface area (Å²) in [5.41, 5.74) is -0.483. The summed E-state index contributed by atoms with van der Waals surface area (Å²) in [5, 5.41) is 27.2. The fraction of sp³-hybridized carbons (Fsp3) is 0.771. The minimum absolute atomic E-state index is 0.000555. The first-order valence-electron chi connectivity index (χ1n) is 17.0. The summed E-state index contributed by atoms with van der Waals surface area (Å²) < 4.78 is 22.1. The number of hydrogen-bond donors (Lipinski definition) is 3. The topological polar surface area (TPSA) is 168 Å². The van der Waals surface area contributed by atoms with Crippen molar-refractivity contribution in [3.63, 3.8) is 0 Å². The summed E-state index contributed by atoms with van der Waals surface area (Å²) in [6.45, 7) is 14.2. The zero-order chi connectivity index (χ0) is 36.1. The summed E-state index contributed by atoms with van der Waals surface area (Å²) in [5.74, 6) is 1.28. The Morgan fingerprint density at radius 2 is 1.71 bits per heavy atom. The number of ether oxygens (including phenoxy) is 4. The Bertz CT molecular complexity index is 1160. The van der Waals surface area contributed by atoms with E-state index in [1.165, 1.54) is 0 Å². The van der Waals surface area contributed by atoms with Gasteiger partial charge in [0.15, 0.2) is 11.5 Å². The highest BCUT2D eigenvalue weighted by atomic mass is 17.0. The second-order valence-corrected chi connectivity index (χ2v) is 14.7. The molecule has 1 aromatic carbocycles. The summed E-state index contributed by atoms with van der Waals surface area (Å²) in [6, 6.07) is 5.12. The largest absolute Gasteiger partial charge is 0.493 e. The van der Waals surface area contributed by atoms with E-state index in [-0.39, 0.29) is 30.2 Å². The molecule has 1 aliphatic rings. The van der Waals surface area contributed by atoms with Gasteiger partial charge >= 0.3 is 6.09 Å². The first-order chi connectivity index (χ1) is 22.5. The number of alkyl carbamates (subject to hydrolysis) is 1. The molecule has 13 heteroatoms. The number of hydrogen-bond acceptors (Lipinski definition) is 10. The van der Waals surface area contributed by atoms with Gasteiger partial charge in [-0.15, -0.1) is 10.1 Å². The molecule has 0 heterocycles. The highest BCUT2D eigenvalue weighted by molar-refractivity contribution is 5.82. The van der Waals surface area contributed by atoms with Gasteiger partial charge in [0.25, 0.3) is 5.09 Å². The van der Waals surface area contributed by atoms with Crippen LogP contribution >= 0.6 is 0 Å². The van der Waals surface area contributed by atoms with E-state index >= 15 is 0 Å². The third-order valence-electron chi connectivity index (χ3n) is 9.13. The molecule has 0 bridgehead atoms. The maximum Gasteiger partial charge on any atom is 0.407 e. The Hall–Kier alpha value is -3.32. The Kier molecular flexibility index (Phi) is 16.2. The first-order valence-corrected chi connectivity index (χ1v) is 17.0. The van der Waals surface area contributed by atoms with Gasteiger partial charge in [-0.1, -0.05) is 33.8 Å². The number of benzene rings is 1. The van der Waals surface area contributed by atoms with Crippen LogP contribution in [0, 0.1) is 33.3 Å². The lowest BCUT2D eigenvalue weighted by Gasteiger charge is -2.38. The molecule has 0 aromatic heterocycles.